The molecule has 0 aliphatic heterocycles. The van der Waals surface area contributed by atoms with E-state index in [1.54, 1.807) is 17.3 Å². The van der Waals surface area contributed by atoms with Gasteiger partial charge in [-0.05, 0) is 19.1 Å². The van der Waals surface area contributed by atoms with Crippen LogP contribution in [-0.4, -0.2) is 20.8 Å². The summed E-state index contributed by atoms with van der Waals surface area (Å²) >= 11 is 0. The Morgan fingerprint density at radius 2 is 2.44 bits per heavy atom. The molecule has 0 bridgehead atoms. The van der Waals surface area contributed by atoms with Gasteiger partial charge in [0.1, 0.15) is 12.1 Å². The lowest BCUT2D eigenvalue weighted by molar-refractivity contribution is 0.453. The smallest absolute Gasteiger partial charge is 0.164 e. The van der Waals surface area contributed by atoms with Gasteiger partial charge in [-0.25, -0.2) is 4.98 Å². The normalized spacial score (nSPS) is 12.9. The zero-order valence-corrected chi connectivity index (χ0v) is 9.55. The van der Waals surface area contributed by atoms with Crippen LogP contribution in [0.25, 0.3) is 0 Å². The van der Waals surface area contributed by atoms with E-state index < -0.39 is 0 Å². The zero-order chi connectivity index (χ0) is 11.4. The van der Waals surface area contributed by atoms with Crippen molar-refractivity contribution in [1.29, 1.82) is 0 Å². The fraction of sp³-hybridized carbons (Fsp3) is 0.455. The van der Waals surface area contributed by atoms with Crippen LogP contribution in [-0.2, 0) is 20.0 Å². The lowest BCUT2D eigenvalue weighted by Crippen LogP contribution is -2.27. The van der Waals surface area contributed by atoms with Crippen LogP contribution < -0.4 is 5.32 Å². The van der Waals surface area contributed by atoms with Crippen LogP contribution in [0, 0.1) is 0 Å². The lowest BCUT2D eigenvalue weighted by atomic mass is 10.2. The molecule has 0 saturated heterocycles. The summed E-state index contributed by atoms with van der Waals surface area (Å²) in [5, 5.41) is 7.55. The summed E-state index contributed by atoms with van der Waals surface area (Å²) < 4.78 is 6.99. The largest absolute Gasteiger partial charge is 0.469 e. The number of hydrogen-bond acceptors (Lipinski definition) is 4. The molecule has 2 heterocycles. The van der Waals surface area contributed by atoms with E-state index in [0.29, 0.717) is 12.6 Å². The summed E-state index contributed by atoms with van der Waals surface area (Å²) in [6.07, 6.45) is 4.27. The molecule has 16 heavy (non-hydrogen) atoms. The number of furan rings is 1. The molecule has 0 fully saturated rings. The Bertz CT molecular complexity index is 421. The molecule has 0 aliphatic rings. The minimum absolute atomic E-state index is 0.343. The molecule has 5 heteroatoms. The maximum absolute atomic E-state index is 5.28. The number of aromatic nitrogens is 3. The molecule has 1 N–H and O–H groups in total. The first kappa shape index (κ1) is 10.9. The molecule has 0 aliphatic carbocycles. The van der Waals surface area contributed by atoms with E-state index in [0.717, 1.165) is 18.0 Å². The highest BCUT2D eigenvalue weighted by atomic mass is 16.3. The maximum atomic E-state index is 5.28. The number of nitrogens with one attached hydrogen (secondary N) is 1. The van der Waals surface area contributed by atoms with Crippen molar-refractivity contribution in [2.45, 2.75) is 25.9 Å². The van der Waals surface area contributed by atoms with Gasteiger partial charge >= 0.3 is 0 Å². The number of nitrogens with zero attached hydrogens (tertiary/aromatic N) is 3. The van der Waals surface area contributed by atoms with Gasteiger partial charge in [0.25, 0.3) is 0 Å². The van der Waals surface area contributed by atoms with E-state index in [-0.39, 0.29) is 0 Å². The summed E-state index contributed by atoms with van der Waals surface area (Å²) in [4.78, 5) is 4.15. The van der Waals surface area contributed by atoms with E-state index in [1.807, 2.05) is 19.2 Å². The Hall–Kier alpha value is -1.62. The van der Waals surface area contributed by atoms with Crippen molar-refractivity contribution in [3.8, 4) is 0 Å². The second-order valence-corrected chi connectivity index (χ2v) is 3.90. The van der Waals surface area contributed by atoms with Crippen molar-refractivity contribution >= 4 is 0 Å². The van der Waals surface area contributed by atoms with E-state index in [4.69, 9.17) is 4.42 Å². The topological polar surface area (TPSA) is 55.9 Å². The number of hydrogen-bond donors (Lipinski definition) is 1. The lowest BCUT2D eigenvalue weighted by Gasteiger charge is -2.10. The molecule has 0 aromatic carbocycles. The Labute approximate surface area is 94.5 Å². The van der Waals surface area contributed by atoms with Crippen molar-refractivity contribution in [3.05, 3.63) is 36.3 Å². The van der Waals surface area contributed by atoms with Gasteiger partial charge in [0.05, 0.1) is 12.8 Å². The maximum Gasteiger partial charge on any atom is 0.164 e. The quantitative estimate of drug-likeness (QED) is 0.820. The van der Waals surface area contributed by atoms with Gasteiger partial charge in [-0.1, -0.05) is 0 Å². The molecule has 2 aromatic heterocycles. The fourth-order valence-corrected chi connectivity index (χ4v) is 1.53. The number of aryl methyl sites for hydroxylation is 1. The van der Waals surface area contributed by atoms with Gasteiger partial charge in [0, 0.05) is 19.5 Å². The van der Waals surface area contributed by atoms with E-state index in [1.165, 1.54) is 0 Å². The Morgan fingerprint density at radius 1 is 1.56 bits per heavy atom. The molecule has 1 atom stereocenters. The predicted molar refractivity (Wildman–Crippen MR) is 59.7 cm³/mol. The molecular formula is C11H16N4O. The molecule has 0 spiro atoms. The molecule has 2 rings (SSSR count). The van der Waals surface area contributed by atoms with Gasteiger partial charge in [0.2, 0.25) is 0 Å². The second kappa shape index (κ2) is 4.94. The molecule has 0 radical (unpaired) electrons. The highest BCUT2D eigenvalue weighted by Crippen LogP contribution is 2.04. The molecule has 5 nitrogen and oxygen atoms in total. The Balaban J connectivity index is 1.77. The fourth-order valence-electron chi connectivity index (χ4n) is 1.53. The highest BCUT2D eigenvalue weighted by molar-refractivity contribution is 5.00. The van der Waals surface area contributed by atoms with E-state index in [9.17, 15) is 0 Å². The van der Waals surface area contributed by atoms with Gasteiger partial charge in [0.15, 0.2) is 5.82 Å². The van der Waals surface area contributed by atoms with Crippen LogP contribution in [0.3, 0.4) is 0 Å². The monoisotopic (exact) mass is 220 g/mol. The highest BCUT2D eigenvalue weighted by Gasteiger charge is 2.06. The van der Waals surface area contributed by atoms with Crippen molar-refractivity contribution in [1.82, 2.24) is 20.1 Å². The Morgan fingerprint density at radius 3 is 3.06 bits per heavy atom. The molecule has 2 aromatic rings. The van der Waals surface area contributed by atoms with Crippen LogP contribution in [0.4, 0.5) is 0 Å². The van der Waals surface area contributed by atoms with Crippen LogP contribution >= 0.6 is 0 Å². The van der Waals surface area contributed by atoms with Crippen molar-refractivity contribution < 1.29 is 4.42 Å². The van der Waals surface area contributed by atoms with Crippen molar-refractivity contribution in [2.75, 3.05) is 0 Å². The summed E-state index contributed by atoms with van der Waals surface area (Å²) in [7, 11) is 1.86. The Kier molecular flexibility index (Phi) is 3.36. The van der Waals surface area contributed by atoms with Crippen molar-refractivity contribution in [3.63, 3.8) is 0 Å². The first-order chi connectivity index (χ1) is 7.74. The van der Waals surface area contributed by atoms with Crippen LogP contribution in [0.2, 0.25) is 0 Å². The van der Waals surface area contributed by atoms with Gasteiger partial charge < -0.3 is 9.73 Å². The SMILES string of the molecule is CC(Cc1ccco1)NCc1ncn(C)n1. The third kappa shape index (κ3) is 2.93. The van der Waals surface area contributed by atoms with Gasteiger partial charge in [-0.2, -0.15) is 5.10 Å². The van der Waals surface area contributed by atoms with E-state index >= 15 is 0 Å². The zero-order valence-electron chi connectivity index (χ0n) is 9.55. The summed E-state index contributed by atoms with van der Waals surface area (Å²) in [6.45, 7) is 2.80. The predicted octanol–water partition coefficient (Wildman–Crippen LogP) is 1.13. The second-order valence-electron chi connectivity index (χ2n) is 3.90. The average Bonchev–Trinajstić information content (AvgIpc) is 2.87. The molecule has 0 saturated carbocycles. The minimum atomic E-state index is 0.343. The molecule has 0 amide bonds. The van der Waals surface area contributed by atoms with Crippen LogP contribution in [0.15, 0.2) is 29.1 Å². The molecule has 86 valence electrons. The third-order valence-corrected chi connectivity index (χ3v) is 2.34. The standard InChI is InChI=1S/C11H16N4O/c1-9(6-10-4-3-5-16-10)12-7-11-13-8-15(2)14-11/h3-5,8-9,12H,6-7H2,1-2H3. The summed E-state index contributed by atoms with van der Waals surface area (Å²) in [5.74, 6) is 1.81. The van der Waals surface area contributed by atoms with Crippen LogP contribution in [0.5, 0.6) is 0 Å². The summed E-state index contributed by atoms with van der Waals surface area (Å²) in [5.41, 5.74) is 0. The van der Waals surface area contributed by atoms with Crippen molar-refractivity contribution in [2.24, 2.45) is 7.05 Å². The van der Waals surface area contributed by atoms with E-state index in [2.05, 4.69) is 22.3 Å². The average molecular weight is 220 g/mol. The molecule has 1 unspecified atom stereocenters. The van der Waals surface area contributed by atoms with Gasteiger partial charge in [-0.15, -0.1) is 0 Å². The summed E-state index contributed by atoms with van der Waals surface area (Å²) in [6, 6.07) is 4.23. The minimum Gasteiger partial charge on any atom is -0.469 e. The third-order valence-electron chi connectivity index (χ3n) is 2.34. The first-order valence-corrected chi connectivity index (χ1v) is 5.34. The van der Waals surface area contributed by atoms with Crippen LogP contribution in [0.1, 0.15) is 18.5 Å². The van der Waals surface area contributed by atoms with Gasteiger partial charge in [-0.3, -0.25) is 4.68 Å². The molecular weight excluding hydrogens is 204 g/mol. The number of rotatable bonds is 5. The first-order valence-electron chi connectivity index (χ1n) is 5.34.